The van der Waals surface area contributed by atoms with Gasteiger partial charge >= 0.3 is 5.97 Å². The Morgan fingerprint density at radius 3 is 2.68 bits per heavy atom. The van der Waals surface area contributed by atoms with Gasteiger partial charge in [-0.05, 0) is 60.7 Å². The van der Waals surface area contributed by atoms with Crippen LogP contribution in [0.5, 0.6) is 5.75 Å². The summed E-state index contributed by atoms with van der Waals surface area (Å²) in [5.41, 5.74) is 1.33. The zero-order chi connectivity index (χ0) is 20.3. The molecular formula is C19H14BrClN2O4S. The number of rotatable bonds is 5. The summed E-state index contributed by atoms with van der Waals surface area (Å²) in [5, 5.41) is 12.5. The standard InChI is InChI=1S/C19H14BrClN2O4S/c1-10(18(25)26)27-13-5-2-11(3-6-13)8-16-17(24)23-19(28-16)22-15-7-4-12(20)9-14(15)21/h2-10H,1H3,(H,25,26)(H,22,23,24)/b16-8-/t10-/m1/s1. The Hall–Kier alpha value is -2.29. The van der Waals surface area contributed by atoms with E-state index in [2.05, 4.69) is 26.2 Å². The maximum atomic E-state index is 12.2. The minimum atomic E-state index is -1.04. The van der Waals surface area contributed by atoms with Crippen molar-refractivity contribution < 1.29 is 19.4 Å². The molecule has 0 spiro atoms. The van der Waals surface area contributed by atoms with Gasteiger partial charge in [0.25, 0.3) is 5.91 Å². The van der Waals surface area contributed by atoms with Gasteiger partial charge < -0.3 is 15.2 Å². The van der Waals surface area contributed by atoms with Crippen molar-refractivity contribution in [2.75, 3.05) is 0 Å². The van der Waals surface area contributed by atoms with E-state index in [0.717, 1.165) is 10.0 Å². The number of nitrogens with zero attached hydrogens (tertiary/aromatic N) is 1. The Balaban J connectivity index is 1.73. The number of amidine groups is 1. The van der Waals surface area contributed by atoms with Crippen LogP contribution in [-0.4, -0.2) is 28.3 Å². The average molecular weight is 482 g/mol. The molecule has 6 nitrogen and oxygen atoms in total. The highest BCUT2D eigenvalue weighted by Gasteiger charge is 2.24. The molecule has 2 aromatic carbocycles. The Morgan fingerprint density at radius 2 is 2.04 bits per heavy atom. The molecular weight excluding hydrogens is 468 g/mol. The van der Waals surface area contributed by atoms with Gasteiger partial charge in [0, 0.05) is 4.47 Å². The molecule has 0 saturated carbocycles. The number of carboxylic acids is 1. The molecule has 0 aromatic heterocycles. The van der Waals surface area contributed by atoms with E-state index < -0.39 is 12.1 Å². The Labute approximate surface area is 178 Å². The van der Waals surface area contributed by atoms with Crippen molar-refractivity contribution in [1.82, 2.24) is 5.32 Å². The molecule has 28 heavy (non-hydrogen) atoms. The molecule has 1 fully saturated rings. The normalized spacial score (nSPS) is 17.6. The molecule has 1 amide bonds. The molecule has 1 aliphatic rings. The second-order valence-corrected chi connectivity index (χ2v) is 8.10. The van der Waals surface area contributed by atoms with Crippen molar-refractivity contribution in [3.8, 4) is 5.75 Å². The third-order valence-corrected chi connectivity index (χ3v) is 5.33. The van der Waals surface area contributed by atoms with Gasteiger partial charge in [0.15, 0.2) is 11.3 Å². The average Bonchev–Trinajstić information content (AvgIpc) is 2.98. The topological polar surface area (TPSA) is 88.0 Å². The van der Waals surface area contributed by atoms with Crippen LogP contribution in [0.15, 0.2) is 56.8 Å². The fraction of sp³-hybridized carbons (Fsp3) is 0.105. The summed E-state index contributed by atoms with van der Waals surface area (Å²) in [5.74, 6) is -0.854. The summed E-state index contributed by atoms with van der Waals surface area (Å²) in [6, 6.07) is 12.1. The summed E-state index contributed by atoms with van der Waals surface area (Å²) in [7, 11) is 0. The van der Waals surface area contributed by atoms with Crippen LogP contribution >= 0.6 is 39.3 Å². The van der Waals surface area contributed by atoms with E-state index in [4.69, 9.17) is 21.4 Å². The van der Waals surface area contributed by atoms with Crippen LogP contribution in [0.1, 0.15) is 12.5 Å². The van der Waals surface area contributed by atoms with Crippen LogP contribution in [0.2, 0.25) is 5.02 Å². The summed E-state index contributed by atoms with van der Waals surface area (Å²) in [6.45, 7) is 1.45. The molecule has 1 aliphatic heterocycles. The molecule has 144 valence electrons. The first kappa shape index (κ1) is 20.4. The predicted octanol–water partition coefficient (Wildman–Crippen LogP) is 4.85. The lowest BCUT2D eigenvalue weighted by molar-refractivity contribution is -0.144. The van der Waals surface area contributed by atoms with Crippen molar-refractivity contribution in [3.05, 3.63) is 62.4 Å². The molecule has 0 aliphatic carbocycles. The van der Waals surface area contributed by atoms with E-state index in [1.165, 1.54) is 18.7 Å². The van der Waals surface area contributed by atoms with Gasteiger partial charge in [0.05, 0.1) is 15.6 Å². The number of nitrogens with one attached hydrogen (secondary N) is 1. The highest BCUT2D eigenvalue weighted by atomic mass is 79.9. The van der Waals surface area contributed by atoms with Crippen molar-refractivity contribution in [2.24, 2.45) is 4.99 Å². The van der Waals surface area contributed by atoms with E-state index in [-0.39, 0.29) is 5.91 Å². The number of halogens is 2. The molecule has 0 unspecified atom stereocenters. The van der Waals surface area contributed by atoms with Crippen LogP contribution in [-0.2, 0) is 9.59 Å². The smallest absolute Gasteiger partial charge is 0.344 e. The third-order valence-electron chi connectivity index (χ3n) is 3.62. The number of aliphatic carboxylic acids is 1. The molecule has 2 N–H and O–H groups in total. The van der Waals surface area contributed by atoms with Gasteiger partial charge in [-0.3, -0.25) is 4.79 Å². The van der Waals surface area contributed by atoms with Gasteiger partial charge in [-0.15, -0.1) is 0 Å². The van der Waals surface area contributed by atoms with E-state index in [0.29, 0.717) is 26.5 Å². The fourth-order valence-corrected chi connectivity index (χ4v) is 3.76. The Morgan fingerprint density at radius 1 is 1.32 bits per heavy atom. The third kappa shape index (κ3) is 5.15. The van der Waals surface area contributed by atoms with E-state index in [1.807, 2.05) is 6.07 Å². The number of carbonyl (C=O) groups is 2. The minimum absolute atomic E-state index is 0.253. The van der Waals surface area contributed by atoms with Crippen LogP contribution in [0.4, 0.5) is 5.69 Å². The van der Waals surface area contributed by atoms with Crippen LogP contribution < -0.4 is 10.1 Å². The quantitative estimate of drug-likeness (QED) is 0.596. The minimum Gasteiger partial charge on any atom is -0.479 e. The van der Waals surface area contributed by atoms with Crippen molar-refractivity contribution in [2.45, 2.75) is 13.0 Å². The van der Waals surface area contributed by atoms with Crippen LogP contribution in [0, 0.1) is 0 Å². The van der Waals surface area contributed by atoms with E-state index in [9.17, 15) is 9.59 Å². The zero-order valence-electron chi connectivity index (χ0n) is 14.5. The van der Waals surface area contributed by atoms with Crippen molar-refractivity contribution in [1.29, 1.82) is 0 Å². The number of benzene rings is 2. The molecule has 9 heteroatoms. The van der Waals surface area contributed by atoms with Crippen molar-refractivity contribution >= 4 is 68.1 Å². The fourth-order valence-electron chi connectivity index (χ4n) is 2.21. The monoisotopic (exact) mass is 480 g/mol. The molecule has 3 rings (SSSR count). The first-order valence-electron chi connectivity index (χ1n) is 8.06. The molecule has 1 atom stereocenters. The largest absolute Gasteiger partial charge is 0.479 e. The lowest BCUT2D eigenvalue weighted by Gasteiger charge is -2.10. The molecule has 1 heterocycles. The highest BCUT2D eigenvalue weighted by Crippen LogP contribution is 2.32. The predicted molar refractivity (Wildman–Crippen MR) is 114 cm³/mol. The molecule has 2 aromatic rings. The number of hydrogen-bond donors (Lipinski definition) is 2. The van der Waals surface area contributed by atoms with E-state index >= 15 is 0 Å². The number of thioether (sulfide) groups is 1. The van der Waals surface area contributed by atoms with Gasteiger partial charge in [0.1, 0.15) is 5.75 Å². The van der Waals surface area contributed by atoms with Crippen LogP contribution in [0.3, 0.4) is 0 Å². The molecule has 0 bridgehead atoms. The van der Waals surface area contributed by atoms with Crippen molar-refractivity contribution in [3.63, 3.8) is 0 Å². The van der Waals surface area contributed by atoms with Crippen LogP contribution in [0.25, 0.3) is 6.08 Å². The Kier molecular flexibility index (Phi) is 6.43. The number of amides is 1. The summed E-state index contributed by atoms with van der Waals surface area (Å²) >= 11 is 10.7. The lowest BCUT2D eigenvalue weighted by atomic mass is 10.2. The summed E-state index contributed by atoms with van der Waals surface area (Å²) in [6.07, 6.45) is 0.778. The SMILES string of the molecule is C[C@@H](Oc1ccc(/C=C2\SC(=Nc3ccc(Br)cc3Cl)NC2=O)cc1)C(=O)O. The second-order valence-electron chi connectivity index (χ2n) is 5.74. The number of aliphatic imine (C=N–C) groups is 1. The number of carbonyl (C=O) groups excluding carboxylic acids is 1. The lowest BCUT2D eigenvalue weighted by Crippen LogP contribution is -2.22. The molecule has 0 radical (unpaired) electrons. The van der Waals surface area contributed by atoms with Gasteiger partial charge in [-0.25, -0.2) is 9.79 Å². The Bertz CT molecular complexity index is 992. The van der Waals surface area contributed by atoms with E-state index in [1.54, 1.807) is 42.5 Å². The van der Waals surface area contributed by atoms with Gasteiger partial charge in [0.2, 0.25) is 0 Å². The number of ether oxygens (including phenoxy) is 1. The summed E-state index contributed by atoms with van der Waals surface area (Å²) in [4.78, 5) is 27.9. The number of carboxylic acid groups (broad SMARTS) is 1. The number of hydrogen-bond acceptors (Lipinski definition) is 5. The molecule has 1 saturated heterocycles. The zero-order valence-corrected chi connectivity index (χ0v) is 17.6. The maximum Gasteiger partial charge on any atom is 0.344 e. The highest BCUT2D eigenvalue weighted by molar-refractivity contribution is 9.10. The first-order chi connectivity index (χ1) is 13.3. The first-order valence-corrected chi connectivity index (χ1v) is 10.0. The maximum absolute atomic E-state index is 12.2. The van der Waals surface area contributed by atoms with Gasteiger partial charge in [-0.1, -0.05) is 39.7 Å². The van der Waals surface area contributed by atoms with Gasteiger partial charge in [-0.2, -0.15) is 0 Å². The second kappa shape index (κ2) is 8.81. The summed E-state index contributed by atoms with van der Waals surface area (Å²) < 4.78 is 6.13.